The highest BCUT2D eigenvalue weighted by atomic mass is 79.9. The number of aromatic nitrogens is 2. The molecule has 0 aliphatic heterocycles. The van der Waals surface area contributed by atoms with Crippen LogP contribution in [0.15, 0.2) is 23.0 Å². The molecule has 72 valence electrons. The summed E-state index contributed by atoms with van der Waals surface area (Å²) in [6.45, 7) is 0. The summed E-state index contributed by atoms with van der Waals surface area (Å²) in [5.74, 6) is 0. The van der Waals surface area contributed by atoms with Crippen LogP contribution >= 0.6 is 15.9 Å². The minimum Gasteiger partial charge on any atom is -0.316 e. The van der Waals surface area contributed by atoms with Gasteiger partial charge in [0, 0.05) is 21.6 Å². The standard InChI is InChI=1S/C8H6BrN3O2/c9-7(13)10-4-1-2-5-6(3-4)12-8(14)11-5/h1-3H,(H,10,13)(H2,11,12,14). The molecule has 0 spiro atoms. The molecule has 2 rings (SSSR count). The van der Waals surface area contributed by atoms with E-state index in [0.29, 0.717) is 16.7 Å². The van der Waals surface area contributed by atoms with Crippen molar-refractivity contribution in [1.82, 2.24) is 9.97 Å². The predicted molar refractivity (Wildman–Crippen MR) is 56.9 cm³/mol. The van der Waals surface area contributed by atoms with E-state index in [0.717, 1.165) is 0 Å². The number of anilines is 1. The molecule has 14 heavy (non-hydrogen) atoms. The minimum atomic E-state index is -0.324. The van der Waals surface area contributed by atoms with E-state index in [1.807, 2.05) is 0 Å². The number of carbonyl (C=O) groups is 1. The van der Waals surface area contributed by atoms with Crippen molar-refractivity contribution in [3.05, 3.63) is 28.7 Å². The van der Waals surface area contributed by atoms with Crippen LogP contribution in [-0.2, 0) is 0 Å². The Labute approximate surface area is 86.6 Å². The number of nitrogens with one attached hydrogen (secondary N) is 3. The van der Waals surface area contributed by atoms with Gasteiger partial charge in [-0.1, -0.05) is 0 Å². The first-order chi connectivity index (χ1) is 6.65. The van der Waals surface area contributed by atoms with Crippen molar-refractivity contribution >= 4 is 37.5 Å². The van der Waals surface area contributed by atoms with E-state index in [-0.39, 0.29) is 10.5 Å². The number of imidazole rings is 1. The highest BCUT2D eigenvalue weighted by Gasteiger charge is 2.00. The van der Waals surface area contributed by atoms with Gasteiger partial charge >= 0.3 is 5.69 Å². The Morgan fingerprint density at radius 2 is 2.00 bits per heavy atom. The van der Waals surface area contributed by atoms with Crippen LogP contribution in [0.25, 0.3) is 11.0 Å². The molecule has 6 heteroatoms. The molecule has 0 fully saturated rings. The van der Waals surface area contributed by atoms with Gasteiger partial charge in [0.2, 0.25) is 0 Å². The van der Waals surface area contributed by atoms with Crippen molar-refractivity contribution in [3.8, 4) is 0 Å². The molecular weight excluding hydrogens is 250 g/mol. The van der Waals surface area contributed by atoms with Crippen molar-refractivity contribution in [2.45, 2.75) is 0 Å². The smallest absolute Gasteiger partial charge is 0.316 e. The summed E-state index contributed by atoms with van der Waals surface area (Å²) in [6.07, 6.45) is 0. The summed E-state index contributed by atoms with van der Waals surface area (Å²) in [6, 6.07) is 5.09. The van der Waals surface area contributed by atoms with E-state index >= 15 is 0 Å². The van der Waals surface area contributed by atoms with Crippen LogP contribution < -0.4 is 11.0 Å². The Balaban J connectivity index is 2.50. The van der Waals surface area contributed by atoms with Crippen molar-refractivity contribution in [3.63, 3.8) is 0 Å². The molecule has 1 aromatic heterocycles. The van der Waals surface area contributed by atoms with Gasteiger partial charge in [-0.25, -0.2) is 4.79 Å². The average molecular weight is 256 g/mol. The Morgan fingerprint density at radius 3 is 2.71 bits per heavy atom. The first kappa shape index (κ1) is 9.01. The third-order valence-electron chi connectivity index (χ3n) is 1.76. The molecule has 1 amide bonds. The van der Waals surface area contributed by atoms with Gasteiger partial charge in [-0.05, 0) is 18.2 Å². The number of benzene rings is 1. The number of hydrogen-bond donors (Lipinski definition) is 3. The summed E-state index contributed by atoms with van der Waals surface area (Å²) < 4.78 is 0. The van der Waals surface area contributed by atoms with Gasteiger partial charge in [0.1, 0.15) is 0 Å². The van der Waals surface area contributed by atoms with E-state index < -0.39 is 0 Å². The quantitative estimate of drug-likeness (QED) is 0.537. The van der Waals surface area contributed by atoms with E-state index in [9.17, 15) is 9.59 Å². The molecular formula is C8H6BrN3O2. The van der Waals surface area contributed by atoms with Gasteiger partial charge in [-0.3, -0.25) is 4.79 Å². The Hall–Kier alpha value is -1.56. The average Bonchev–Trinajstić information content (AvgIpc) is 2.42. The van der Waals surface area contributed by atoms with Gasteiger partial charge in [-0.15, -0.1) is 0 Å². The number of halogens is 1. The van der Waals surface area contributed by atoms with Crippen molar-refractivity contribution in [1.29, 1.82) is 0 Å². The Bertz CT molecular complexity index is 543. The zero-order chi connectivity index (χ0) is 10.1. The van der Waals surface area contributed by atoms with E-state index in [1.54, 1.807) is 18.2 Å². The Morgan fingerprint density at radius 1 is 1.29 bits per heavy atom. The fourth-order valence-electron chi connectivity index (χ4n) is 1.22. The number of rotatable bonds is 1. The number of hydrogen-bond acceptors (Lipinski definition) is 2. The van der Waals surface area contributed by atoms with E-state index in [1.165, 1.54) is 0 Å². The molecule has 1 aromatic carbocycles. The molecule has 3 N–H and O–H groups in total. The molecule has 1 heterocycles. The summed E-state index contributed by atoms with van der Waals surface area (Å²) >= 11 is 2.75. The zero-order valence-electron chi connectivity index (χ0n) is 6.93. The van der Waals surface area contributed by atoms with Gasteiger partial charge in [0.25, 0.3) is 4.82 Å². The summed E-state index contributed by atoms with van der Waals surface area (Å²) in [7, 11) is 0. The van der Waals surface area contributed by atoms with Gasteiger partial charge in [0.05, 0.1) is 11.0 Å². The van der Waals surface area contributed by atoms with Crippen molar-refractivity contribution < 1.29 is 4.79 Å². The first-order valence-corrected chi connectivity index (χ1v) is 4.63. The van der Waals surface area contributed by atoms with Gasteiger partial charge in [0.15, 0.2) is 0 Å². The highest BCUT2D eigenvalue weighted by molar-refractivity contribution is 9.18. The number of amides is 1. The third-order valence-corrected chi connectivity index (χ3v) is 1.96. The maximum atomic E-state index is 10.9. The van der Waals surface area contributed by atoms with Crippen LogP contribution in [0.3, 0.4) is 0 Å². The monoisotopic (exact) mass is 255 g/mol. The molecule has 0 radical (unpaired) electrons. The fraction of sp³-hybridized carbons (Fsp3) is 0. The van der Waals surface area contributed by atoms with Crippen LogP contribution in [-0.4, -0.2) is 14.8 Å². The molecule has 0 saturated carbocycles. The van der Waals surface area contributed by atoms with Crippen LogP contribution in [0, 0.1) is 0 Å². The van der Waals surface area contributed by atoms with E-state index in [4.69, 9.17) is 0 Å². The summed E-state index contributed by atoms with van der Waals surface area (Å²) in [5, 5.41) is 2.55. The zero-order valence-corrected chi connectivity index (χ0v) is 8.51. The largest absolute Gasteiger partial charge is 0.323 e. The lowest BCUT2D eigenvalue weighted by molar-refractivity contribution is 0.270. The lowest BCUT2D eigenvalue weighted by atomic mass is 10.3. The third kappa shape index (κ3) is 1.69. The number of aromatic amines is 2. The second kappa shape index (κ2) is 3.30. The molecule has 0 bridgehead atoms. The maximum Gasteiger partial charge on any atom is 0.323 e. The molecule has 2 aromatic rings. The molecule has 0 unspecified atom stereocenters. The summed E-state index contributed by atoms with van der Waals surface area (Å²) in [4.78, 5) is 26.5. The van der Waals surface area contributed by atoms with Crippen LogP contribution in [0.5, 0.6) is 0 Å². The van der Waals surface area contributed by atoms with Gasteiger partial charge in [-0.2, -0.15) is 0 Å². The molecule has 5 nitrogen and oxygen atoms in total. The fourth-order valence-corrected chi connectivity index (χ4v) is 1.45. The van der Waals surface area contributed by atoms with Crippen LogP contribution in [0.4, 0.5) is 10.5 Å². The summed E-state index contributed by atoms with van der Waals surface area (Å²) in [5.41, 5.74) is 1.73. The second-order valence-electron chi connectivity index (χ2n) is 2.74. The SMILES string of the molecule is O=C(Br)Nc1ccc2[nH]c(=O)[nH]c2c1. The topological polar surface area (TPSA) is 77.8 Å². The number of carbonyl (C=O) groups excluding carboxylic acids is 1. The predicted octanol–water partition coefficient (Wildman–Crippen LogP) is 1.78. The molecule has 0 aliphatic rings. The van der Waals surface area contributed by atoms with Crippen molar-refractivity contribution in [2.24, 2.45) is 0 Å². The molecule has 0 aliphatic carbocycles. The Kier molecular flexibility index (Phi) is 2.12. The minimum absolute atomic E-state index is 0.262. The highest BCUT2D eigenvalue weighted by Crippen LogP contribution is 2.14. The van der Waals surface area contributed by atoms with Crippen LogP contribution in [0.2, 0.25) is 0 Å². The first-order valence-electron chi connectivity index (χ1n) is 3.84. The number of H-pyrrole nitrogens is 2. The van der Waals surface area contributed by atoms with Crippen molar-refractivity contribution in [2.75, 3.05) is 5.32 Å². The lowest BCUT2D eigenvalue weighted by Gasteiger charge is -1.99. The maximum absolute atomic E-state index is 10.9. The molecule has 0 atom stereocenters. The molecule has 0 saturated heterocycles. The number of fused-ring (bicyclic) bond motifs is 1. The second-order valence-corrected chi connectivity index (χ2v) is 3.46. The normalized spacial score (nSPS) is 10.4. The lowest BCUT2D eigenvalue weighted by Crippen LogP contribution is -2.00. The van der Waals surface area contributed by atoms with Gasteiger partial charge < -0.3 is 15.3 Å². The van der Waals surface area contributed by atoms with Crippen LogP contribution in [0.1, 0.15) is 0 Å². The van der Waals surface area contributed by atoms with E-state index in [2.05, 4.69) is 31.2 Å².